The van der Waals surface area contributed by atoms with Gasteiger partial charge in [0.1, 0.15) is 5.69 Å². The Morgan fingerprint density at radius 3 is 2.64 bits per heavy atom. The zero-order chi connectivity index (χ0) is 17.6. The van der Waals surface area contributed by atoms with Crippen LogP contribution in [-0.4, -0.2) is 15.6 Å². The summed E-state index contributed by atoms with van der Waals surface area (Å²) in [6.07, 6.45) is 4.15. The molecular formula is C20H19NO3S. The van der Waals surface area contributed by atoms with E-state index in [2.05, 4.69) is 0 Å². The molecule has 2 aromatic heterocycles. The normalized spacial score (nSPS) is 13.8. The highest BCUT2D eigenvalue weighted by Gasteiger charge is 2.22. The van der Waals surface area contributed by atoms with Crippen LogP contribution in [0.25, 0.3) is 10.1 Å². The lowest BCUT2D eigenvalue weighted by molar-refractivity contribution is 0.0684. The van der Waals surface area contributed by atoms with Gasteiger partial charge in [0.05, 0.1) is 11.9 Å². The molecule has 0 amide bonds. The van der Waals surface area contributed by atoms with E-state index in [0.29, 0.717) is 0 Å². The Kier molecular flexibility index (Phi) is 3.96. The molecule has 0 fully saturated rings. The van der Waals surface area contributed by atoms with Gasteiger partial charge in [-0.25, -0.2) is 4.79 Å². The number of hydrogen-bond donors (Lipinski definition) is 1. The monoisotopic (exact) mass is 353 g/mol. The molecule has 2 heterocycles. The number of benzene rings is 1. The van der Waals surface area contributed by atoms with Crippen LogP contribution >= 0.6 is 11.3 Å². The fourth-order valence-electron chi connectivity index (χ4n) is 3.58. The molecule has 0 bridgehead atoms. The minimum absolute atomic E-state index is 0.0664. The van der Waals surface area contributed by atoms with Crippen LogP contribution in [-0.2, 0) is 19.4 Å². The first kappa shape index (κ1) is 16.1. The number of aromatic carboxylic acids is 1. The Morgan fingerprint density at radius 2 is 1.92 bits per heavy atom. The fourth-order valence-corrected chi connectivity index (χ4v) is 4.90. The number of aromatic nitrogens is 1. The van der Waals surface area contributed by atoms with Crippen molar-refractivity contribution < 1.29 is 9.90 Å². The van der Waals surface area contributed by atoms with Crippen LogP contribution in [0.2, 0.25) is 0 Å². The molecule has 1 N–H and O–H groups in total. The number of carboxylic acid groups (broad SMARTS) is 1. The van der Waals surface area contributed by atoms with E-state index in [1.807, 2.05) is 31.2 Å². The summed E-state index contributed by atoms with van der Waals surface area (Å²) in [6, 6.07) is 9.52. The van der Waals surface area contributed by atoms with Crippen LogP contribution in [0.3, 0.4) is 0 Å². The van der Waals surface area contributed by atoms with Crippen LogP contribution in [0.4, 0.5) is 0 Å². The van der Waals surface area contributed by atoms with Crippen LogP contribution < -0.4 is 5.56 Å². The summed E-state index contributed by atoms with van der Waals surface area (Å²) >= 11 is 1.59. The van der Waals surface area contributed by atoms with E-state index < -0.39 is 5.97 Å². The minimum Gasteiger partial charge on any atom is -0.477 e. The Labute approximate surface area is 149 Å². The average Bonchev–Trinajstić information content (AvgIpc) is 2.97. The largest absolute Gasteiger partial charge is 0.477 e. The lowest BCUT2D eigenvalue weighted by Gasteiger charge is -2.13. The van der Waals surface area contributed by atoms with Crippen molar-refractivity contribution in [3.63, 3.8) is 0 Å². The van der Waals surface area contributed by atoms with Gasteiger partial charge in [-0.3, -0.25) is 9.36 Å². The van der Waals surface area contributed by atoms with Crippen molar-refractivity contribution in [2.24, 2.45) is 0 Å². The second kappa shape index (κ2) is 6.15. The second-order valence-electron chi connectivity index (χ2n) is 6.66. The summed E-state index contributed by atoms with van der Waals surface area (Å²) in [5.41, 5.74) is 3.10. The minimum atomic E-state index is -1.06. The average molecular weight is 353 g/mol. The van der Waals surface area contributed by atoms with Gasteiger partial charge in [-0.2, -0.15) is 0 Å². The molecule has 25 heavy (non-hydrogen) atoms. The number of hydrogen-bond acceptors (Lipinski definition) is 3. The number of nitrogens with zero attached hydrogens (tertiary/aromatic N) is 1. The first-order valence-electron chi connectivity index (χ1n) is 8.51. The fraction of sp³-hybridized carbons (Fsp3) is 0.300. The molecule has 5 heteroatoms. The lowest BCUT2D eigenvalue weighted by atomic mass is 9.96. The van der Waals surface area contributed by atoms with Gasteiger partial charge in [0, 0.05) is 9.58 Å². The maximum absolute atomic E-state index is 13.2. The molecule has 0 saturated heterocycles. The standard InChI is InChI=1S/C20H19NO3S/c1-12-6-8-13(9-7-12)11-21-15(20(23)24)10-17-18(19(21)22)14-4-2-3-5-16(14)25-17/h6-10H,2-5,11H2,1H3,(H,23,24). The third-order valence-corrected chi connectivity index (χ3v) is 6.14. The van der Waals surface area contributed by atoms with E-state index in [0.717, 1.165) is 52.5 Å². The maximum atomic E-state index is 13.2. The van der Waals surface area contributed by atoms with E-state index >= 15 is 0 Å². The van der Waals surface area contributed by atoms with Gasteiger partial charge in [-0.15, -0.1) is 11.3 Å². The molecule has 1 aliphatic carbocycles. The Morgan fingerprint density at radius 1 is 1.20 bits per heavy atom. The number of aryl methyl sites for hydroxylation is 3. The van der Waals surface area contributed by atoms with Gasteiger partial charge in [0.2, 0.25) is 0 Å². The van der Waals surface area contributed by atoms with Crippen LogP contribution in [0.1, 0.15) is 44.9 Å². The highest BCUT2D eigenvalue weighted by Crippen LogP contribution is 2.35. The number of rotatable bonds is 3. The van der Waals surface area contributed by atoms with Gasteiger partial charge in [-0.1, -0.05) is 29.8 Å². The first-order valence-corrected chi connectivity index (χ1v) is 9.33. The van der Waals surface area contributed by atoms with Crippen molar-refractivity contribution in [2.45, 2.75) is 39.2 Å². The Balaban J connectivity index is 1.93. The van der Waals surface area contributed by atoms with E-state index in [1.54, 1.807) is 17.4 Å². The van der Waals surface area contributed by atoms with Crippen molar-refractivity contribution >= 4 is 27.4 Å². The summed E-state index contributed by atoms with van der Waals surface area (Å²) < 4.78 is 2.23. The van der Waals surface area contributed by atoms with Crippen molar-refractivity contribution in [3.8, 4) is 0 Å². The molecule has 0 radical (unpaired) electrons. The highest BCUT2D eigenvalue weighted by molar-refractivity contribution is 7.19. The topological polar surface area (TPSA) is 59.3 Å². The predicted octanol–water partition coefficient (Wildman–Crippen LogP) is 4.00. The smallest absolute Gasteiger partial charge is 0.352 e. The Bertz CT molecular complexity index is 1030. The molecule has 128 valence electrons. The summed E-state index contributed by atoms with van der Waals surface area (Å²) in [7, 11) is 0. The maximum Gasteiger partial charge on any atom is 0.352 e. The van der Waals surface area contributed by atoms with Gasteiger partial charge >= 0.3 is 5.97 Å². The third-order valence-electron chi connectivity index (χ3n) is 4.90. The van der Waals surface area contributed by atoms with Crippen LogP contribution in [0.15, 0.2) is 35.1 Å². The highest BCUT2D eigenvalue weighted by atomic mass is 32.1. The van der Waals surface area contributed by atoms with Crippen LogP contribution in [0, 0.1) is 6.92 Å². The summed E-state index contributed by atoms with van der Waals surface area (Å²) in [5, 5.41) is 10.4. The molecule has 0 aliphatic heterocycles. The number of fused-ring (bicyclic) bond motifs is 3. The number of pyridine rings is 1. The van der Waals surface area contributed by atoms with Crippen molar-refractivity contribution in [2.75, 3.05) is 0 Å². The quantitative estimate of drug-likeness (QED) is 0.774. The molecule has 1 aromatic carbocycles. The zero-order valence-corrected chi connectivity index (χ0v) is 14.9. The molecule has 3 aromatic rings. The first-order chi connectivity index (χ1) is 12.0. The van der Waals surface area contributed by atoms with Gasteiger partial charge in [-0.05, 0) is 49.8 Å². The lowest BCUT2D eigenvalue weighted by Crippen LogP contribution is -2.27. The SMILES string of the molecule is Cc1ccc(Cn2c(C(=O)O)cc3sc4c(c3c2=O)CCCC4)cc1. The van der Waals surface area contributed by atoms with Crippen molar-refractivity contribution in [3.05, 3.63) is 67.9 Å². The zero-order valence-electron chi connectivity index (χ0n) is 14.0. The molecule has 4 rings (SSSR count). The molecular weight excluding hydrogens is 334 g/mol. The third kappa shape index (κ3) is 2.78. The van der Waals surface area contributed by atoms with E-state index in [1.165, 1.54) is 9.44 Å². The van der Waals surface area contributed by atoms with Crippen molar-refractivity contribution in [1.82, 2.24) is 4.57 Å². The number of carbonyl (C=O) groups is 1. The summed E-state index contributed by atoms with van der Waals surface area (Å²) in [4.78, 5) is 26.2. The van der Waals surface area contributed by atoms with Gasteiger partial charge < -0.3 is 5.11 Å². The molecule has 0 atom stereocenters. The second-order valence-corrected chi connectivity index (χ2v) is 7.80. The van der Waals surface area contributed by atoms with E-state index in [9.17, 15) is 14.7 Å². The predicted molar refractivity (Wildman–Crippen MR) is 100.0 cm³/mol. The van der Waals surface area contributed by atoms with Crippen LogP contribution in [0.5, 0.6) is 0 Å². The van der Waals surface area contributed by atoms with E-state index in [-0.39, 0.29) is 17.8 Å². The summed E-state index contributed by atoms with van der Waals surface area (Å²) in [6.45, 7) is 2.28. The number of thiophene rings is 1. The summed E-state index contributed by atoms with van der Waals surface area (Å²) in [5.74, 6) is -1.06. The van der Waals surface area contributed by atoms with Crippen molar-refractivity contribution in [1.29, 1.82) is 0 Å². The van der Waals surface area contributed by atoms with Gasteiger partial charge in [0.25, 0.3) is 5.56 Å². The molecule has 0 unspecified atom stereocenters. The molecule has 0 saturated carbocycles. The molecule has 4 nitrogen and oxygen atoms in total. The van der Waals surface area contributed by atoms with E-state index in [4.69, 9.17) is 0 Å². The molecule has 0 spiro atoms. The Hall–Kier alpha value is -2.40. The van der Waals surface area contributed by atoms with Gasteiger partial charge in [0.15, 0.2) is 0 Å². The number of carboxylic acids is 1. The molecule has 1 aliphatic rings.